The van der Waals surface area contributed by atoms with Crippen molar-refractivity contribution in [3.8, 4) is 17.6 Å². The number of hydrogen-bond donors (Lipinski definition) is 2. The maximum Gasteiger partial charge on any atom is 0.261 e. The minimum Gasteiger partial charge on any atom is -0.453 e. The molecule has 0 bridgehead atoms. The first kappa shape index (κ1) is 38.0. The van der Waals surface area contributed by atoms with Gasteiger partial charge in [-0.1, -0.05) is 34.6 Å². The lowest BCUT2D eigenvalue weighted by molar-refractivity contribution is -0.0278. The second-order valence-electron chi connectivity index (χ2n) is 13.5. The molecule has 3 aromatic rings. The number of nitrogens with zero attached hydrogens (tertiary/aromatic N) is 5. The van der Waals surface area contributed by atoms with Crippen molar-refractivity contribution in [3.63, 3.8) is 0 Å². The van der Waals surface area contributed by atoms with E-state index < -0.39 is 5.82 Å². The van der Waals surface area contributed by atoms with E-state index >= 15 is 0 Å². The van der Waals surface area contributed by atoms with E-state index in [0.717, 1.165) is 84.3 Å². The molecule has 50 heavy (non-hydrogen) atoms. The molecule has 3 saturated heterocycles. The summed E-state index contributed by atoms with van der Waals surface area (Å²) in [5.74, 6) is -0.565. The number of aromatic nitrogens is 2. The fourth-order valence-electron chi connectivity index (χ4n) is 7.80. The quantitative estimate of drug-likeness (QED) is 0.229. The summed E-state index contributed by atoms with van der Waals surface area (Å²) < 4.78 is 34.1. The minimum absolute atomic E-state index is 0.0535. The molecule has 1 aliphatic carbocycles. The van der Waals surface area contributed by atoms with E-state index in [0.29, 0.717) is 22.6 Å². The van der Waals surface area contributed by atoms with Crippen LogP contribution < -0.4 is 20.3 Å². The van der Waals surface area contributed by atoms with Crippen LogP contribution in [0.2, 0.25) is 0 Å². The number of hydrogen-bond acceptors (Lipinski definition) is 10. The monoisotopic (exact) mass is 707 g/mol. The van der Waals surface area contributed by atoms with Crippen molar-refractivity contribution in [2.45, 2.75) is 97.2 Å². The first-order valence-electron chi connectivity index (χ1n) is 18.5. The van der Waals surface area contributed by atoms with Crippen LogP contribution in [0.4, 0.5) is 10.1 Å². The first-order valence-corrected chi connectivity index (χ1v) is 19.2. The van der Waals surface area contributed by atoms with Crippen LogP contribution in [-0.2, 0) is 4.74 Å². The van der Waals surface area contributed by atoms with Crippen molar-refractivity contribution in [1.82, 2.24) is 24.1 Å². The number of nitriles is 1. The lowest BCUT2D eigenvalue weighted by atomic mass is 9.60. The fraction of sp³-hybridized carbons (Fsp3) is 0.605. The topological polar surface area (TPSA) is 108 Å². The third kappa shape index (κ3) is 7.97. The Kier molecular flexibility index (Phi) is 12.8. The molecule has 1 aromatic heterocycles. The van der Waals surface area contributed by atoms with Gasteiger partial charge in [0.2, 0.25) is 0 Å². The summed E-state index contributed by atoms with van der Waals surface area (Å²) in [4.78, 5) is 21.0. The highest BCUT2D eigenvalue weighted by atomic mass is 32.2. The largest absolute Gasteiger partial charge is 0.453 e. The second-order valence-corrected chi connectivity index (χ2v) is 14.5. The van der Waals surface area contributed by atoms with Crippen molar-refractivity contribution in [1.29, 1.82) is 5.26 Å². The Balaban J connectivity index is 0.00000117. The number of likely N-dealkylation sites (tertiary alicyclic amines) is 1. The SMILES string of the molecule is CC.CC.CCN(C)SNc1ccc(F)c(Oc2ccc3ncn(C4CC5(CCN(C6COC7(CCNCC7)C6)CC5)C4)c(=O)c3c2)c1C#N. The van der Waals surface area contributed by atoms with Gasteiger partial charge in [-0.15, -0.1) is 0 Å². The molecule has 0 radical (unpaired) electrons. The predicted octanol–water partition coefficient (Wildman–Crippen LogP) is 7.51. The number of nitrogens with one attached hydrogen (secondary N) is 2. The zero-order valence-corrected chi connectivity index (χ0v) is 31.4. The first-order chi connectivity index (χ1) is 24.3. The van der Waals surface area contributed by atoms with Gasteiger partial charge in [-0.2, -0.15) is 5.26 Å². The van der Waals surface area contributed by atoms with E-state index in [1.807, 2.05) is 46.0 Å². The molecule has 4 fully saturated rings. The van der Waals surface area contributed by atoms with Crippen LogP contribution in [0.3, 0.4) is 0 Å². The lowest BCUT2D eigenvalue weighted by Gasteiger charge is -2.53. The molecule has 3 aliphatic heterocycles. The zero-order valence-electron chi connectivity index (χ0n) is 30.6. The van der Waals surface area contributed by atoms with Crippen molar-refractivity contribution in [3.05, 3.63) is 58.4 Å². The number of benzene rings is 2. The van der Waals surface area contributed by atoms with E-state index in [1.54, 1.807) is 29.1 Å². The summed E-state index contributed by atoms with van der Waals surface area (Å²) in [7, 11) is 1.91. The Bertz CT molecular complexity index is 1690. The van der Waals surface area contributed by atoms with Crippen LogP contribution in [0.5, 0.6) is 11.5 Å². The third-order valence-corrected chi connectivity index (χ3v) is 11.6. The van der Waals surface area contributed by atoms with Gasteiger partial charge < -0.3 is 19.5 Å². The van der Waals surface area contributed by atoms with Gasteiger partial charge in [0.15, 0.2) is 11.6 Å². The van der Waals surface area contributed by atoms with Crippen LogP contribution in [0.1, 0.15) is 91.2 Å². The van der Waals surface area contributed by atoms with E-state index in [-0.39, 0.29) is 39.7 Å². The predicted molar refractivity (Wildman–Crippen MR) is 200 cm³/mol. The van der Waals surface area contributed by atoms with Crippen molar-refractivity contribution < 1.29 is 13.9 Å². The number of anilines is 1. The highest BCUT2D eigenvalue weighted by molar-refractivity contribution is 7.98. The number of fused-ring (bicyclic) bond motifs is 1. The molecular formula is C38H54FN7O3S. The molecule has 1 saturated carbocycles. The van der Waals surface area contributed by atoms with Crippen molar-refractivity contribution in [2.75, 3.05) is 51.1 Å². The smallest absolute Gasteiger partial charge is 0.261 e. The van der Waals surface area contributed by atoms with Gasteiger partial charge >= 0.3 is 0 Å². The third-order valence-electron chi connectivity index (χ3n) is 10.8. The Morgan fingerprint density at radius 1 is 1.10 bits per heavy atom. The van der Waals surface area contributed by atoms with E-state index in [2.05, 4.69) is 26.0 Å². The molecule has 2 aromatic carbocycles. The molecule has 7 rings (SSSR count). The molecule has 2 spiro atoms. The average Bonchev–Trinajstić information content (AvgIpc) is 3.55. The van der Waals surface area contributed by atoms with Crippen LogP contribution in [0.15, 0.2) is 41.5 Å². The van der Waals surface area contributed by atoms with Gasteiger partial charge in [-0.3, -0.25) is 14.3 Å². The molecule has 1 unspecified atom stereocenters. The summed E-state index contributed by atoms with van der Waals surface area (Å²) >= 11 is 1.31. The Morgan fingerprint density at radius 3 is 2.50 bits per heavy atom. The summed E-state index contributed by atoms with van der Waals surface area (Å²) in [6.07, 6.45) is 9.29. The summed E-state index contributed by atoms with van der Waals surface area (Å²) in [5.41, 5.74) is 1.29. The highest BCUT2D eigenvalue weighted by Gasteiger charge is 2.49. The molecule has 272 valence electrons. The van der Waals surface area contributed by atoms with Crippen molar-refractivity contribution >= 4 is 28.7 Å². The molecule has 0 amide bonds. The lowest BCUT2D eigenvalue weighted by Crippen LogP contribution is -2.51. The number of piperidine rings is 2. The number of halogens is 1. The molecular weight excluding hydrogens is 654 g/mol. The Morgan fingerprint density at radius 2 is 1.82 bits per heavy atom. The van der Waals surface area contributed by atoms with E-state index in [4.69, 9.17) is 9.47 Å². The molecule has 12 heteroatoms. The van der Waals surface area contributed by atoms with Crippen LogP contribution >= 0.6 is 12.1 Å². The average molecular weight is 708 g/mol. The molecule has 10 nitrogen and oxygen atoms in total. The number of rotatable bonds is 8. The highest BCUT2D eigenvalue weighted by Crippen LogP contribution is 2.55. The molecule has 4 heterocycles. The molecule has 2 N–H and O–H groups in total. The zero-order chi connectivity index (χ0) is 35.9. The van der Waals surface area contributed by atoms with Crippen LogP contribution in [0, 0.1) is 22.6 Å². The van der Waals surface area contributed by atoms with Crippen LogP contribution in [0.25, 0.3) is 10.9 Å². The standard InChI is InChI=1S/C34H42FN7O3S.2C2H6/c1-3-40(2)46-39-30-7-5-28(35)31(27(30)20-36)45-25-4-6-29-26(16-25)32(43)42(22-38-29)23-17-33(18-23)10-14-41(15-11-33)24-19-34(44-21-24)8-12-37-13-9-34;2*1-2/h4-7,16,22-24,37,39H,3,8-15,17-19,21H2,1-2H3;2*1-2H3. The Hall–Kier alpha value is -3.21. The Labute approximate surface area is 301 Å². The van der Waals surface area contributed by atoms with Gasteiger partial charge in [-0.05, 0) is 114 Å². The fourth-order valence-corrected chi connectivity index (χ4v) is 8.35. The van der Waals surface area contributed by atoms with Crippen molar-refractivity contribution in [2.24, 2.45) is 5.41 Å². The second kappa shape index (κ2) is 16.9. The summed E-state index contributed by atoms with van der Waals surface area (Å²) in [5, 5.41) is 13.7. The maximum atomic E-state index is 14.9. The minimum atomic E-state index is -0.656. The van der Waals surface area contributed by atoms with Gasteiger partial charge in [0.1, 0.15) is 17.4 Å². The normalized spacial score (nSPS) is 21.1. The molecule has 4 aliphatic rings. The molecule has 1 atom stereocenters. The maximum absolute atomic E-state index is 14.9. The summed E-state index contributed by atoms with van der Waals surface area (Å²) in [6, 6.07) is 10.4. The van der Waals surface area contributed by atoms with E-state index in [1.165, 1.54) is 24.3 Å². The van der Waals surface area contributed by atoms with Gasteiger partial charge in [0.25, 0.3) is 5.56 Å². The van der Waals surface area contributed by atoms with Crippen LogP contribution in [-0.4, -0.2) is 76.8 Å². The van der Waals surface area contributed by atoms with E-state index in [9.17, 15) is 14.4 Å². The summed E-state index contributed by atoms with van der Waals surface area (Å²) in [6.45, 7) is 15.9. The number of ether oxygens (including phenoxy) is 2. The van der Waals surface area contributed by atoms with Gasteiger partial charge in [0.05, 0.1) is 35.1 Å². The van der Waals surface area contributed by atoms with Gasteiger partial charge in [-0.25, -0.2) is 13.7 Å². The van der Waals surface area contributed by atoms with Gasteiger partial charge in [0, 0.05) is 30.8 Å².